The molecule has 5 heteroatoms. The molecule has 0 aliphatic carbocycles. The zero-order chi connectivity index (χ0) is 12.3. The quantitative estimate of drug-likeness (QED) is 0.641. The highest BCUT2D eigenvalue weighted by Crippen LogP contribution is 2.28. The molecule has 0 bridgehead atoms. The van der Waals surface area contributed by atoms with Crippen molar-refractivity contribution in [1.82, 2.24) is 5.32 Å². The smallest absolute Gasteiger partial charge is 0.310 e. The van der Waals surface area contributed by atoms with Crippen molar-refractivity contribution >= 4 is 5.69 Å². The Morgan fingerprint density at radius 3 is 3.06 bits per heavy atom. The summed E-state index contributed by atoms with van der Waals surface area (Å²) in [5.41, 5.74) is 0.999. The van der Waals surface area contributed by atoms with E-state index in [0.717, 1.165) is 24.9 Å². The van der Waals surface area contributed by atoms with Gasteiger partial charge in [0, 0.05) is 12.1 Å². The lowest BCUT2D eigenvalue weighted by Crippen LogP contribution is -2.28. The molecule has 1 aromatic carbocycles. The summed E-state index contributed by atoms with van der Waals surface area (Å²) in [6, 6.07) is 5.24. The van der Waals surface area contributed by atoms with Crippen molar-refractivity contribution in [1.29, 1.82) is 0 Å². The number of nitrogens with zero attached hydrogens (tertiary/aromatic N) is 1. The van der Waals surface area contributed by atoms with Crippen molar-refractivity contribution in [3.63, 3.8) is 0 Å². The van der Waals surface area contributed by atoms with E-state index in [1.165, 1.54) is 6.07 Å². The molecule has 0 aromatic heterocycles. The van der Waals surface area contributed by atoms with Gasteiger partial charge in [0.2, 0.25) is 0 Å². The minimum Gasteiger partial charge on any atom is -0.485 e. The molecule has 5 nitrogen and oxygen atoms in total. The molecule has 2 rings (SSSR count). The van der Waals surface area contributed by atoms with Gasteiger partial charge < -0.3 is 10.1 Å². The van der Waals surface area contributed by atoms with Crippen molar-refractivity contribution < 1.29 is 9.66 Å². The number of nitro benzene ring substituents is 1. The van der Waals surface area contributed by atoms with Gasteiger partial charge in [0.25, 0.3) is 0 Å². The van der Waals surface area contributed by atoms with Gasteiger partial charge in [-0.1, -0.05) is 6.07 Å². The second kappa shape index (κ2) is 5.14. The van der Waals surface area contributed by atoms with Crippen LogP contribution in [-0.2, 0) is 0 Å². The molecule has 0 unspecified atom stereocenters. The van der Waals surface area contributed by atoms with E-state index >= 15 is 0 Å². The molecule has 0 radical (unpaired) electrons. The first-order valence-corrected chi connectivity index (χ1v) is 5.78. The van der Waals surface area contributed by atoms with Crippen molar-refractivity contribution in [2.75, 3.05) is 13.2 Å². The standard InChI is InChI=1S/C12H16N2O3/c1-9-4-5-11(14(15)16)12(7-9)17-8-10-3-2-6-13-10/h4-5,7,10,13H,2-3,6,8H2,1H3/t10-/m1/s1. The molecule has 0 saturated carbocycles. The van der Waals surface area contributed by atoms with Crippen molar-refractivity contribution in [2.24, 2.45) is 0 Å². The minimum absolute atomic E-state index is 0.0357. The van der Waals surface area contributed by atoms with Crippen LogP contribution in [0.5, 0.6) is 5.75 Å². The van der Waals surface area contributed by atoms with E-state index < -0.39 is 4.92 Å². The van der Waals surface area contributed by atoms with Crippen molar-refractivity contribution in [3.05, 3.63) is 33.9 Å². The molecular weight excluding hydrogens is 220 g/mol. The zero-order valence-corrected chi connectivity index (χ0v) is 9.81. The summed E-state index contributed by atoms with van der Waals surface area (Å²) in [7, 11) is 0. The summed E-state index contributed by atoms with van der Waals surface area (Å²) in [4.78, 5) is 10.4. The van der Waals surface area contributed by atoms with Gasteiger partial charge in [-0.2, -0.15) is 0 Å². The molecule has 0 amide bonds. The fourth-order valence-electron chi connectivity index (χ4n) is 1.98. The van der Waals surface area contributed by atoms with Crippen LogP contribution in [0.2, 0.25) is 0 Å². The monoisotopic (exact) mass is 236 g/mol. The topological polar surface area (TPSA) is 64.4 Å². The first-order chi connectivity index (χ1) is 8.16. The number of hydrogen-bond donors (Lipinski definition) is 1. The van der Waals surface area contributed by atoms with Gasteiger partial charge in [0.15, 0.2) is 5.75 Å². The maximum absolute atomic E-state index is 10.8. The number of aryl methyl sites for hydroxylation is 1. The van der Waals surface area contributed by atoms with Gasteiger partial charge in [-0.25, -0.2) is 0 Å². The zero-order valence-electron chi connectivity index (χ0n) is 9.81. The van der Waals surface area contributed by atoms with Crippen LogP contribution < -0.4 is 10.1 Å². The third kappa shape index (κ3) is 2.94. The average Bonchev–Trinajstić information content (AvgIpc) is 2.78. The number of nitrogens with one attached hydrogen (secondary N) is 1. The molecule has 1 aliphatic heterocycles. The van der Waals surface area contributed by atoms with E-state index in [9.17, 15) is 10.1 Å². The van der Waals surface area contributed by atoms with Gasteiger partial charge in [0.1, 0.15) is 6.61 Å². The number of hydrogen-bond acceptors (Lipinski definition) is 4. The lowest BCUT2D eigenvalue weighted by Gasteiger charge is -2.12. The highest BCUT2D eigenvalue weighted by Gasteiger charge is 2.18. The van der Waals surface area contributed by atoms with Crippen LogP contribution in [0.4, 0.5) is 5.69 Å². The third-order valence-corrected chi connectivity index (χ3v) is 2.91. The van der Waals surface area contributed by atoms with Gasteiger partial charge in [0.05, 0.1) is 4.92 Å². The highest BCUT2D eigenvalue weighted by molar-refractivity contribution is 5.48. The Bertz CT molecular complexity index is 414. The minimum atomic E-state index is -0.406. The molecule has 1 atom stereocenters. The van der Waals surface area contributed by atoms with Crippen LogP contribution in [0.15, 0.2) is 18.2 Å². The van der Waals surface area contributed by atoms with Crippen molar-refractivity contribution in [3.8, 4) is 5.75 Å². The number of rotatable bonds is 4. The Hall–Kier alpha value is -1.62. The summed E-state index contributed by atoms with van der Waals surface area (Å²) in [6.45, 7) is 3.39. The fraction of sp³-hybridized carbons (Fsp3) is 0.500. The van der Waals surface area contributed by atoms with E-state index in [0.29, 0.717) is 18.4 Å². The number of benzene rings is 1. The predicted molar refractivity (Wildman–Crippen MR) is 64.4 cm³/mol. The van der Waals surface area contributed by atoms with Crippen LogP contribution in [0, 0.1) is 17.0 Å². The largest absolute Gasteiger partial charge is 0.485 e. The van der Waals surface area contributed by atoms with Crippen LogP contribution in [0.3, 0.4) is 0 Å². The lowest BCUT2D eigenvalue weighted by atomic mass is 10.2. The SMILES string of the molecule is Cc1ccc([N+](=O)[O-])c(OC[C@H]2CCCN2)c1. The summed E-state index contributed by atoms with van der Waals surface area (Å²) in [5, 5.41) is 14.1. The Labute approximate surface area is 99.9 Å². The van der Waals surface area contributed by atoms with E-state index in [4.69, 9.17) is 4.74 Å². The summed E-state index contributed by atoms with van der Waals surface area (Å²) in [5.74, 6) is 0.365. The van der Waals surface area contributed by atoms with Crippen LogP contribution in [0.1, 0.15) is 18.4 Å². The van der Waals surface area contributed by atoms with Crippen molar-refractivity contribution in [2.45, 2.75) is 25.8 Å². The molecule has 92 valence electrons. The predicted octanol–water partition coefficient (Wildman–Crippen LogP) is 2.03. The molecule has 0 spiro atoms. The first-order valence-electron chi connectivity index (χ1n) is 5.78. The van der Waals surface area contributed by atoms with Crippen LogP contribution in [0.25, 0.3) is 0 Å². The maximum Gasteiger partial charge on any atom is 0.310 e. The lowest BCUT2D eigenvalue weighted by molar-refractivity contribution is -0.385. The molecule has 1 heterocycles. The normalized spacial score (nSPS) is 19.2. The van der Waals surface area contributed by atoms with Gasteiger partial charge in [-0.3, -0.25) is 10.1 Å². The van der Waals surface area contributed by atoms with Gasteiger partial charge >= 0.3 is 5.69 Å². The highest BCUT2D eigenvalue weighted by atomic mass is 16.6. The maximum atomic E-state index is 10.8. The Morgan fingerprint density at radius 2 is 2.41 bits per heavy atom. The van der Waals surface area contributed by atoms with Crippen LogP contribution >= 0.6 is 0 Å². The second-order valence-corrected chi connectivity index (χ2v) is 4.33. The van der Waals surface area contributed by atoms with Gasteiger partial charge in [-0.15, -0.1) is 0 Å². The Morgan fingerprint density at radius 1 is 1.59 bits per heavy atom. The molecule has 1 aromatic rings. The van der Waals surface area contributed by atoms with E-state index in [1.807, 2.05) is 6.92 Å². The first kappa shape index (κ1) is 11.9. The summed E-state index contributed by atoms with van der Waals surface area (Å²) < 4.78 is 5.56. The molecule has 1 N–H and O–H groups in total. The fourth-order valence-corrected chi connectivity index (χ4v) is 1.98. The Balaban J connectivity index is 2.07. The van der Waals surface area contributed by atoms with Gasteiger partial charge in [-0.05, 0) is 37.9 Å². The number of nitro groups is 1. The van der Waals surface area contributed by atoms with Crippen LogP contribution in [-0.4, -0.2) is 24.1 Å². The Kier molecular flexibility index (Phi) is 3.58. The average molecular weight is 236 g/mol. The summed E-state index contributed by atoms with van der Waals surface area (Å²) in [6.07, 6.45) is 2.21. The van der Waals surface area contributed by atoms with E-state index in [2.05, 4.69) is 5.32 Å². The molecule has 1 fully saturated rings. The van der Waals surface area contributed by atoms with E-state index in [1.54, 1.807) is 12.1 Å². The third-order valence-electron chi connectivity index (χ3n) is 2.91. The summed E-state index contributed by atoms with van der Waals surface area (Å²) >= 11 is 0. The molecular formula is C12H16N2O3. The molecule has 1 saturated heterocycles. The second-order valence-electron chi connectivity index (χ2n) is 4.33. The number of ether oxygens (including phenoxy) is 1. The molecule has 17 heavy (non-hydrogen) atoms. The van der Waals surface area contributed by atoms with E-state index in [-0.39, 0.29) is 5.69 Å². The molecule has 1 aliphatic rings.